The topological polar surface area (TPSA) is 109 Å². The average molecular weight is 327 g/mol. The number of carbonyl (C=O) groups is 2. The number of hydrazone groups is 1. The summed E-state index contributed by atoms with van der Waals surface area (Å²) >= 11 is 0. The van der Waals surface area contributed by atoms with Gasteiger partial charge in [0.15, 0.2) is 5.82 Å². The predicted octanol–water partition coefficient (Wildman–Crippen LogP) is 0.585. The summed E-state index contributed by atoms with van der Waals surface area (Å²) in [6.45, 7) is 0.360. The van der Waals surface area contributed by atoms with Crippen molar-refractivity contribution < 1.29 is 14.1 Å². The molecule has 1 aromatic heterocycles. The van der Waals surface area contributed by atoms with Gasteiger partial charge in [-0.25, -0.2) is 5.43 Å². The van der Waals surface area contributed by atoms with Crippen LogP contribution in [0.3, 0.4) is 0 Å². The number of hydrogen-bond donors (Lipinski definition) is 2. The minimum atomic E-state index is -0.293. The zero-order valence-corrected chi connectivity index (χ0v) is 13.0. The summed E-state index contributed by atoms with van der Waals surface area (Å²) in [5.74, 6) is 0.615. The molecule has 0 bridgehead atoms. The van der Waals surface area contributed by atoms with Gasteiger partial charge in [0, 0.05) is 32.2 Å². The van der Waals surface area contributed by atoms with Gasteiger partial charge in [-0.1, -0.05) is 35.5 Å². The number of hydrogen-bond acceptors (Lipinski definition) is 6. The lowest BCUT2D eigenvalue weighted by Gasteiger charge is -2.11. The van der Waals surface area contributed by atoms with E-state index in [9.17, 15) is 9.59 Å². The molecule has 8 heteroatoms. The van der Waals surface area contributed by atoms with Crippen molar-refractivity contribution in [3.05, 3.63) is 47.6 Å². The van der Waals surface area contributed by atoms with E-state index in [0.29, 0.717) is 43.2 Å². The van der Waals surface area contributed by atoms with E-state index in [-0.39, 0.29) is 18.2 Å². The van der Waals surface area contributed by atoms with Crippen LogP contribution in [0.2, 0.25) is 0 Å². The van der Waals surface area contributed by atoms with Crippen molar-refractivity contribution in [2.75, 3.05) is 6.54 Å². The molecule has 0 aliphatic carbocycles. The molecule has 8 nitrogen and oxygen atoms in total. The van der Waals surface area contributed by atoms with Crippen LogP contribution in [0.15, 0.2) is 40.0 Å². The molecule has 1 aliphatic heterocycles. The van der Waals surface area contributed by atoms with Crippen LogP contribution < -0.4 is 10.7 Å². The maximum absolute atomic E-state index is 11.9. The summed E-state index contributed by atoms with van der Waals surface area (Å²) in [5, 5.41) is 10.4. The molecule has 0 saturated heterocycles. The largest absolute Gasteiger partial charge is 0.350 e. The molecular formula is C16H17N5O3. The summed E-state index contributed by atoms with van der Waals surface area (Å²) in [6, 6.07) is 9.88. The number of aromatic nitrogens is 2. The number of amides is 2. The lowest BCUT2D eigenvalue weighted by molar-refractivity contribution is -0.121. The van der Waals surface area contributed by atoms with Crippen LogP contribution in [-0.2, 0) is 22.4 Å². The first-order chi connectivity index (χ1) is 11.7. The van der Waals surface area contributed by atoms with Crippen molar-refractivity contribution in [2.24, 2.45) is 5.10 Å². The first-order valence-electron chi connectivity index (χ1n) is 7.69. The first-order valence-corrected chi connectivity index (χ1v) is 7.69. The van der Waals surface area contributed by atoms with Crippen LogP contribution in [0, 0.1) is 0 Å². The molecule has 2 amide bonds. The summed E-state index contributed by atoms with van der Waals surface area (Å²) in [6.07, 6.45) is 1.67. The summed E-state index contributed by atoms with van der Waals surface area (Å²) in [5.41, 5.74) is 3.73. The molecule has 0 radical (unpaired) electrons. The minimum Gasteiger partial charge on any atom is -0.350 e. The van der Waals surface area contributed by atoms with Gasteiger partial charge in [-0.3, -0.25) is 9.59 Å². The number of carbonyl (C=O) groups excluding carboxylic acids is 2. The number of nitrogens with one attached hydrogen (secondary N) is 2. The van der Waals surface area contributed by atoms with Gasteiger partial charge in [0.1, 0.15) is 5.71 Å². The Morgan fingerprint density at radius 3 is 2.83 bits per heavy atom. The van der Waals surface area contributed by atoms with Crippen molar-refractivity contribution in [2.45, 2.75) is 25.7 Å². The fourth-order valence-electron chi connectivity index (χ4n) is 2.26. The molecule has 0 unspecified atom stereocenters. The molecule has 24 heavy (non-hydrogen) atoms. The van der Waals surface area contributed by atoms with Gasteiger partial charge in [0.05, 0.1) is 0 Å². The Balaban J connectivity index is 1.46. The molecule has 0 atom stereocenters. The zero-order valence-electron chi connectivity index (χ0n) is 13.0. The molecule has 1 aromatic carbocycles. The molecular weight excluding hydrogens is 310 g/mol. The highest BCUT2D eigenvalue weighted by molar-refractivity contribution is 6.39. The lowest BCUT2D eigenvalue weighted by Crippen LogP contribution is -2.37. The van der Waals surface area contributed by atoms with E-state index in [1.807, 2.05) is 30.3 Å². The van der Waals surface area contributed by atoms with Gasteiger partial charge in [0.2, 0.25) is 11.8 Å². The summed E-state index contributed by atoms with van der Waals surface area (Å²) in [4.78, 5) is 27.2. The van der Waals surface area contributed by atoms with E-state index in [1.165, 1.54) is 0 Å². The third-order valence-corrected chi connectivity index (χ3v) is 3.51. The summed E-state index contributed by atoms with van der Waals surface area (Å²) in [7, 11) is 0. The van der Waals surface area contributed by atoms with Gasteiger partial charge in [-0.15, -0.1) is 0 Å². The standard InChI is InChI=1S/C16H17N5O3/c22-14-7-6-12(19-20-14)16(23)17-9-8-15-18-13(21-24-15)10-11-4-2-1-3-5-11/h1-5H,6-10H2,(H,17,23)(H,20,22). The second-order valence-electron chi connectivity index (χ2n) is 5.37. The van der Waals surface area contributed by atoms with Crippen LogP contribution in [0.4, 0.5) is 0 Å². The maximum Gasteiger partial charge on any atom is 0.267 e. The van der Waals surface area contributed by atoms with Crippen LogP contribution >= 0.6 is 0 Å². The SMILES string of the molecule is O=C1CCC(C(=O)NCCc2nc(Cc3ccccc3)no2)=NN1. The Labute approximate surface area is 138 Å². The average Bonchev–Trinajstić information content (AvgIpc) is 3.03. The molecule has 124 valence electrons. The van der Waals surface area contributed by atoms with E-state index in [1.54, 1.807) is 0 Å². The highest BCUT2D eigenvalue weighted by Gasteiger charge is 2.18. The second-order valence-corrected chi connectivity index (χ2v) is 5.37. The van der Waals surface area contributed by atoms with Gasteiger partial charge < -0.3 is 9.84 Å². The van der Waals surface area contributed by atoms with Crippen molar-refractivity contribution in [1.29, 1.82) is 0 Å². The van der Waals surface area contributed by atoms with E-state index >= 15 is 0 Å². The maximum atomic E-state index is 11.9. The number of rotatable bonds is 6. The Hall–Kier alpha value is -3.03. The number of benzene rings is 1. The Morgan fingerprint density at radius 2 is 2.08 bits per heavy atom. The minimum absolute atomic E-state index is 0.177. The van der Waals surface area contributed by atoms with Gasteiger partial charge in [0.25, 0.3) is 5.91 Å². The van der Waals surface area contributed by atoms with Gasteiger partial charge in [-0.05, 0) is 5.56 Å². The Kier molecular flexibility index (Phi) is 4.95. The monoisotopic (exact) mass is 327 g/mol. The molecule has 2 N–H and O–H groups in total. The molecule has 0 fully saturated rings. The molecule has 1 aliphatic rings. The van der Waals surface area contributed by atoms with Crippen molar-refractivity contribution >= 4 is 17.5 Å². The fourth-order valence-corrected chi connectivity index (χ4v) is 2.26. The Bertz CT molecular complexity index is 754. The molecule has 2 aromatic rings. The van der Waals surface area contributed by atoms with Crippen molar-refractivity contribution in [1.82, 2.24) is 20.9 Å². The van der Waals surface area contributed by atoms with E-state index < -0.39 is 0 Å². The number of nitrogens with zero attached hydrogens (tertiary/aromatic N) is 3. The fraction of sp³-hybridized carbons (Fsp3) is 0.312. The van der Waals surface area contributed by atoms with Crippen molar-refractivity contribution in [3.63, 3.8) is 0 Å². The second kappa shape index (κ2) is 7.49. The van der Waals surface area contributed by atoms with Crippen LogP contribution in [0.5, 0.6) is 0 Å². The molecule has 2 heterocycles. The highest BCUT2D eigenvalue weighted by Crippen LogP contribution is 2.06. The lowest BCUT2D eigenvalue weighted by atomic mass is 10.1. The van der Waals surface area contributed by atoms with E-state index in [0.717, 1.165) is 5.56 Å². The smallest absolute Gasteiger partial charge is 0.267 e. The van der Waals surface area contributed by atoms with Gasteiger partial charge in [-0.2, -0.15) is 10.1 Å². The Morgan fingerprint density at radius 1 is 1.25 bits per heavy atom. The van der Waals surface area contributed by atoms with Crippen LogP contribution in [0.1, 0.15) is 30.1 Å². The third kappa shape index (κ3) is 4.25. The quantitative estimate of drug-likeness (QED) is 0.807. The third-order valence-electron chi connectivity index (χ3n) is 3.51. The molecule has 0 spiro atoms. The van der Waals surface area contributed by atoms with Crippen LogP contribution in [-0.4, -0.2) is 34.2 Å². The first kappa shape index (κ1) is 15.9. The molecule has 3 rings (SSSR count). The van der Waals surface area contributed by atoms with Crippen LogP contribution in [0.25, 0.3) is 0 Å². The van der Waals surface area contributed by atoms with E-state index in [2.05, 4.69) is 26.0 Å². The molecule has 0 saturated carbocycles. The predicted molar refractivity (Wildman–Crippen MR) is 85.1 cm³/mol. The zero-order chi connectivity index (χ0) is 16.8. The highest BCUT2D eigenvalue weighted by atomic mass is 16.5. The van der Waals surface area contributed by atoms with E-state index in [4.69, 9.17) is 4.52 Å². The normalized spacial score (nSPS) is 14.0. The van der Waals surface area contributed by atoms with Crippen molar-refractivity contribution in [3.8, 4) is 0 Å². The summed E-state index contributed by atoms with van der Waals surface area (Å²) < 4.78 is 5.18. The van der Waals surface area contributed by atoms with Gasteiger partial charge >= 0.3 is 0 Å².